The van der Waals surface area contributed by atoms with Crippen LogP contribution >= 0.6 is 11.3 Å². The van der Waals surface area contributed by atoms with Gasteiger partial charge < -0.3 is 4.74 Å². The average molecular weight is 270 g/mol. The number of methoxy groups -OCH3 is 1. The van der Waals surface area contributed by atoms with Gasteiger partial charge in [-0.25, -0.2) is 14.2 Å². The Morgan fingerprint density at radius 2 is 2.17 bits per heavy atom. The molecule has 2 aromatic rings. The smallest absolute Gasteiger partial charge is 0.164 e. The van der Waals surface area contributed by atoms with Crippen molar-refractivity contribution in [2.24, 2.45) is 5.84 Å². The normalized spacial score (nSPS) is 12.4. The minimum atomic E-state index is -0.896. The van der Waals surface area contributed by atoms with E-state index in [4.69, 9.17) is 10.6 Å². The lowest BCUT2D eigenvalue weighted by Gasteiger charge is -2.15. The summed E-state index contributed by atoms with van der Waals surface area (Å²) in [4.78, 5) is 0.749. The van der Waals surface area contributed by atoms with E-state index in [-0.39, 0.29) is 5.56 Å². The molecule has 0 saturated heterocycles. The highest BCUT2D eigenvalue weighted by Gasteiger charge is 2.20. The fourth-order valence-electron chi connectivity index (χ4n) is 1.66. The molecule has 1 aromatic carbocycles. The van der Waals surface area contributed by atoms with E-state index in [2.05, 4.69) is 5.43 Å². The molecule has 96 valence electrons. The lowest BCUT2D eigenvalue weighted by molar-refractivity contribution is 0.416. The van der Waals surface area contributed by atoms with E-state index in [1.165, 1.54) is 23.5 Å². The highest BCUT2D eigenvalue weighted by atomic mass is 32.1. The van der Waals surface area contributed by atoms with E-state index in [1.807, 2.05) is 0 Å². The van der Waals surface area contributed by atoms with Crippen LogP contribution in [-0.2, 0) is 0 Å². The van der Waals surface area contributed by atoms with Gasteiger partial charge in [-0.2, -0.15) is 0 Å². The number of hydrazine groups is 1. The van der Waals surface area contributed by atoms with Crippen LogP contribution in [0.15, 0.2) is 29.6 Å². The molecule has 1 heterocycles. The SMILES string of the molecule is COc1csc(C(NN)c2cccc(F)c2F)c1. The summed E-state index contributed by atoms with van der Waals surface area (Å²) in [6.45, 7) is 0. The molecule has 3 N–H and O–H groups in total. The van der Waals surface area contributed by atoms with Gasteiger partial charge in [0.15, 0.2) is 11.6 Å². The van der Waals surface area contributed by atoms with Crippen molar-refractivity contribution in [3.05, 3.63) is 51.7 Å². The van der Waals surface area contributed by atoms with Crippen molar-refractivity contribution in [3.63, 3.8) is 0 Å². The number of hydrogen-bond donors (Lipinski definition) is 2. The van der Waals surface area contributed by atoms with E-state index in [0.29, 0.717) is 5.75 Å². The molecule has 0 saturated carbocycles. The molecule has 1 atom stereocenters. The van der Waals surface area contributed by atoms with Gasteiger partial charge in [-0.3, -0.25) is 5.84 Å². The number of nitrogens with two attached hydrogens (primary N) is 1. The van der Waals surface area contributed by atoms with Gasteiger partial charge >= 0.3 is 0 Å². The van der Waals surface area contributed by atoms with E-state index < -0.39 is 17.7 Å². The van der Waals surface area contributed by atoms with Gasteiger partial charge in [0.2, 0.25) is 0 Å². The van der Waals surface area contributed by atoms with Crippen molar-refractivity contribution < 1.29 is 13.5 Å². The number of halogens is 2. The Balaban J connectivity index is 2.41. The first-order valence-electron chi connectivity index (χ1n) is 5.19. The molecule has 0 fully saturated rings. The van der Waals surface area contributed by atoms with Gasteiger partial charge in [0, 0.05) is 15.8 Å². The van der Waals surface area contributed by atoms with Crippen molar-refractivity contribution in [1.82, 2.24) is 5.43 Å². The van der Waals surface area contributed by atoms with E-state index in [9.17, 15) is 8.78 Å². The summed E-state index contributed by atoms with van der Waals surface area (Å²) >= 11 is 1.36. The first-order chi connectivity index (χ1) is 8.67. The second kappa shape index (κ2) is 5.43. The maximum Gasteiger partial charge on any atom is 0.164 e. The molecule has 1 unspecified atom stereocenters. The topological polar surface area (TPSA) is 47.3 Å². The zero-order valence-electron chi connectivity index (χ0n) is 9.61. The van der Waals surface area contributed by atoms with Gasteiger partial charge in [0.25, 0.3) is 0 Å². The number of benzene rings is 1. The van der Waals surface area contributed by atoms with Gasteiger partial charge in [-0.1, -0.05) is 12.1 Å². The number of ether oxygens (including phenoxy) is 1. The van der Waals surface area contributed by atoms with Crippen LogP contribution in [0.25, 0.3) is 0 Å². The molecule has 0 spiro atoms. The predicted octanol–water partition coefficient (Wildman–Crippen LogP) is 2.59. The van der Waals surface area contributed by atoms with Crippen LogP contribution in [0.2, 0.25) is 0 Å². The summed E-state index contributed by atoms with van der Waals surface area (Å²) in [6.07, 6.45) is 0. The summed E-state index contributed by atoms with van der Waals surface area (Å²) in [7, 11) is 1.54. The molecule has 0 aliphatic rings. The average Bonchev–Trinajstić information content (AvgIpc) is 2.84. The van der Waals surface area contributed by atoms with E-state index in [0.717, 1.165) is 10.9 Å². The van der Waals surface area contributed by atoms with E-state index in [1.54, 1.807) is 18.6 Å². The fraction of sp³-hybridized carbons (Fsp3) is 0.167. The summed E-state index contributed by atoms with van der Waals surface area (Å²) in [5.74, 6) is 4.30. The van der Waals surface area contributed by atoms with Crippen LogP contribution < -0.4 is 16.0 Å². The Morgan fingerprint density at radius 1 is 1.39 bits per heavy atom. The molecular weight excluding hydrogens is 258 g/mol. The number of rotatable bonds is 4. The summed E-state index contributed by atoms with van der Waals surface area (Å²) in [5.41, 5.74) is 2.66. The maximum absolute atomic E-state index is 13.7. The Kier molecular flexibility index (Phi) is 3.90. The van der Waals surface area contributed by atoms with Gasteiger partial charge in [0.1, 0.15) is 5.75 Å². The molecule has 1 aromatic heterocycles. The fourth-order valence-corrected chi connectivity index (χ4v) is 2.59. The van der Waals surface area contributed by atoms with Gasteiger partial charge in [-0.05, 0) is 12.1 Å². The van der Waals surface area contributed by atoms with Crippen LogP contribution in [0.5, 0.6) is 5.75 Å². The number of nitrogens with one attached hydrogen (secondary N) is 1. The highest BCUT2D eigenvalue weighted by molar-refractivity contribution is 7.10. The van der Waals surface area contributed by atoms with Crippen molar-refractivity contribution in [2.75, 3.05) is 7.11 Å². The third-order valence-electron chi connectivity index (χ3n) is 2.58. The number of thiophene rings is 1. The second-order valence-electron chi connectivity index (χ2n) is 3.63. The predicted molar refractivity (Wildman–Crippen MR) is 66.4 cm³/mol. The molecule has 3 nitrogen and oxygen atoms in total. The Hall–Kier alpha value is -1.50. The lowest BCUT2D eigenvalue weighted by Crippen LogP contribution is -2.29. The van der Waals surface area contributed by atoms with E-state index >= 15 is 0 Å². The first kappa shape index (κ1) is 12.9. The monoisotopic (exact) mass is 270 g/mol. The van der Waals surface area contributed by atoms with Gasteiger partial charge in [-0.15, -0.1) is 11.3 Å². The van der Waals surface area contributed by atoms with Crippen molar-refractivity contribution in [1.29, 1.82) is 0 Å². The summed E-state index contributed by atoms with van der Waals surface area (Å²) in [6, 6.07) is 5.15. The zero-order valence-corrected chi connectivity index (χ0v) is 10.4. The van der Waals surface area contributed by atoms with Crippen LogP contribution in [0.3, 0.4) is 0 Å². The van der Waals surface area contributed by atoms with Crippen LogP contribution in [-0.4, -0.2) is 7.11 Å². The molecule has 0 aliphatic heterocycles. The van der Waals surface area contributed by atoms with Crippen molar-refractivity contribution >= 4 is 11.3 Å². The minimum Gasteiger partial charge on any atom is -0.496 e. The Labute approximate surface area is 107 Å². The largest absolute Gasteiger partial charge is 0.496 e. The maximum atomic E-state index is 13.7. The zero-order chi connectivity index (χ0) is 13.1. The third kappa shape index (κ3) is 2.35. The minimum absolute atomic E-state index is 0.169. The van der Waals surface area contributed by atoms with Crippen LogP contribution in [0.4, 0.5) is 8.78 Å². The standard InChI is InChI=1S/C12H12F2N2OS/c1-17-7-5-10(18-6-7)12(16-15)8-3-2-4-9(13)11(8)14/h2-6,12,16H,15H2,1H3. The molecule has 0 amide bonds. The Bertz CT molecular complexity index is 545. The second-order valence-corrected chi connectivity index (χ2v) is 4.57. The molecular formula is C12H12F2N2OS. The van der Waals surface area contributed by atoms with Crippen molar-refractivity contribution in [3.8, 4) is 5.75 Å². The van der Waals surface area contributed by atoms with Crippen LogP contribution in [0, 0.1) is 11.6 Å². The Morgan fingerprint density at radius 3 is 2.78 bits per heavy atom. The molecule has 0 aliphatic carbocycles. The summed E-state index contributed by atoms with van der Waals surface area (Å²) in [5, 5.41) is 1.77. The summed E-state index contributed by atoms with van der Waals surface area (Å²) < 4.78 is 32.0. The molecule has 0 bridgehead atoms. The molecule has 0 radical (unpaired) electrons. The van der Waals surface area contributed by atoms with Crippen molar-refractivity contribution in [2.45, 2.75) is 6.04 Å². The first-order valence-corrected chi connectivity index (χ1v) is 6.07. The molecule has 18 heavy (non-hydrogen) atoms. The quantitative estimate of drug-likeness (QED) is 0.663. The molecule has 2 rings (SSSR count). The highest BCUT2D eigenvalue weighted by Crippen LogP contribution is 2.32. The number of hydrogen-bond acceptors (Lipinski definition) is 4. The van der Waals surface area contributed by atoms with Crippen LogP contribution in [0.1, 0.15) is 16.5 Å². The lowest BCUT2D eigenvalue weighted by atomic mass is 10.1. The third-order valence-corrected chi connectivity index (χ3v) is 3.55. The van der Waals surface area contributed by atoms with Gasteiger partial charge in [0.05, 0.1) is 13.2 Å². The molecule has 6 heteroatoms.